The number of nitrogens with one attached hydrogen (secondary N) is 1. The molecule has 0 saturated heterocycles. The van der Waals surface area contributed by atoms with Crippen molar-refractivity contribution in [3.05, 3.63) is 30.1 Å². The van der Waals surface area contributed by atoms with Crippen molar-refractivity contribution in [1.29, 1.82) is 0 Å². The minimum atomic E-state index is 0.443. The number of hydrogen-bond acceptors (Lipinski definition) is 2. The molecule has 3 nitrogen and oxygen atoms in total. The number of fused-ring (bicyclic) bond motifs is 1. The third-order valence-corrected chi connectivity index (χ3v) is 3.72. The number of nitrogens with zero attached hydrogens (tertiary/aromatic N) is 1. The predicted octanol–water partition coefficient (Wildman–Crippen LogP) is 2.23. The number of benzene rings is 1. The van der Waals surface area contributed by atoms with Gasteiger partial charge in [-0.1, -0.05) is 12.1 Å². The van der Waals surface area contributed by atoms with Crippen molar-refractivity contribution in [2.24, 2.45) is 11.1 Å². The lowest BCUT2D eigenvalue weighted by molar-refractivity contribution is 0.474. The second kappa shape index (κ2) is 3.59. The molecule has 0 bridgehead atoms. The number of nitrogens with two attached hydrogens (primary N) is 1. The highest BCUT2D eigenvalue weighted by molar-refractivity contribution is 5.74. The van der Waals surface area contributed by atoms with Crippen LogP contribution in [-0.4, -0.2) is 16.5 Å². The molecule has 0 atom stereocenters. The third-order valence-electron chi connectivity index (χ3n) is 3.72. The average Bonchev–Trinajstić information content (AvgIpc) is 2.98. The molecule has 1 saturated carbocycles. The molecule has 0 amide bonds. The molecular formula is C13H17N3. The SMILES string of the molecule is NCC1(CCc2nc3ccccc3[nH]2)CC1. The topological polar surface area (TPSA) is 54.7 Å². The largest absolute Gasteiger partial charge is 0.342 e. The van der Waals surface area contributed by atoms with Crippen molar-refractivity contribution in [2.75, 3.05) is 6.54 Å². The Morgan fingerprint density at radius 3 is 2.81 bits per heavy atom. The third kappa shape index (κ3) is 1.71. The van der Waals surface area contributed by atoms with Gasteiger partial charge in [0, 0.05) is 6.42 Å². The van der Waals surface area contributed by atoms with Crippen LogP contribution in [0.4, 0.5) is 0 Å². The molecule has 3 N–H and O–H groups in total. The van der Waals surface area contributed by atoms with Crippen LogP contribution in [0.25, 0.3) is 11.0 Å². The van der Waals surface area contributed by atoms with Crippen molar-refractivity contribution in [1.82, 2.24) is 9.97 Å². The van der Waals surface area contributed by atoms with Gasteiger partial charge in [0.15, 0.2) is 0 Å². The van der Waals surface area contributed by atoms with E-state index in [9.17, 15) is 0 Å². The number of rotatable bonds is 4. The monoisotopic (exact) mass is 215 g/mol. The van der Waals surface area contributed by atoms with Gasteiger partial charge >= 0.3 is 0 Å². The van der Waals surface area contributed by atoms with Gasteiger partial charge in [-0.15, -0.1) is 0 Å². The summed E-state index contributed by atoms with van der Waals surface area (Å²) in [6, 6.07) is 8.18. The molecule has 1 fully saturated rings. The predicted molar refractivity (Wildman–Crippen MR) is 65.1 cm³/mol. The fourth-order valence-corrected chi connectivity index (χ4v) is 2.24. The maximum atomic E-state index is 5.78. The first-order valence-corrected chi connectivity index (χ1v) is 5.95. The Balaban J connectivity index is 1.74. The molecule has 84 valence electrons. The average molecular weight is 215 g/mol. The lowest BCUT2D eigenvalue weighted by atomic mass is 10.0. The summed E-state index contributed by atoms with van der Waals surface area (Å²) in [5, 5.41) is 0. The van der Waals surface area contributed by atoms with Gasteiger partial charge < -0.3 is 10.7 Å². The molecule has 1 heterocycles. The summed E-state index contributed by atoms with van der Waals surface area (Å²) >= 11 is 0. The Morgan fingerprint density at radius 2 is 2.12 bits per heavy atom. The van der Waals surface area contributed by atoms with Crippen LogP contribution in [0.15, 0.2) is 24.3 Å². The first-order valence-electron chi connectivity index (χ1n) is 5.95. The van der Waals surface area contributed by atoms with Crippen LogP contribution in [-0.2, 0) is 6.42 Å². The maximum Gasteiger partial charge on any atom is 0.107 e. The van der Waals surface area contributed by atoms with E-state index in [4.69, 9.17) is 5.73 Å². The van der Waals surface area contributed by atoms with E-state index < -0.39 is 0 Å². The highest BCUT2D eigenvalue weighted by Crippen LogP contribution is 2.48. The normalized spacial score (nSPS) is 17.8. The highest BCUT2D eigenvalue weighted by atomic mass is 14.9. The van der Waals surface area contributed by atoms with Crippen molar-refractivity contribution in [3.8, 4) is 0 Å². The van der Waals surface area contributed by atoms with Gasteiger partial charge in [0.25, 0.3) is 0 Å². The van der Waals surface area contributed by atoms with Gasteiger partial charge in [-0.25, -0.2) is 4.98 Å². The Labute approximate surface area is 95.1 Å². The fraction of sp³-hybridized carbons (Fsp3) is 0.462. The molecule has 3 rings (SSSR count). The molecule has 0 radical (unpaired) electrons. The van der Waals surface area contributed by atoms with Gasteiger partial charge in [0.2, 0.25) is 0 Å². The lowest BCUT2D eigenvalue weighted by Gasteiger charge is -2.09. The van der Waals surface area contributed by atoms with Gasteiger partial charge in [-0.3, -0.25) is 0 Å². The van der Waals surface area contributed by atoms with E-state index in [2.05, 4.69) is 16.0 Å². The first kappa shape index (κ1) is 9.85. The number of H-pyrrole nitrogens is 1. The van der Waals surface area contributed by atoms with E-state index in [1.807, 2.05) is 18.2 Å². The molecule has 16 heavy (non-hydrogen) atoms. The summed E-state index contributed by atoms with van der Waals surface area (Å²) in [5.74, 6) is 1.10. The summed E-state index contributed by atoms with van der Waals surface area (Å²) in [5.41, 5.74) is 8.42. The first-order chi connectivity index (χ1) is 7.81. The summed E-state index contributed by atoms with van der Waals surface area (Å²) in [6.45, 7) is 0.827. The molecule has 2 aromatic rings. The van der Waals surface area contributed by atoms with Crippen molar-refractivity contribution >= 4 is 11.0 Å². The summed E-state index contributed by atoms with van der Waals surface area (Å²) in [4.78, 5) is 7.95. The van der Waals surface area contributed by atoms with E-state index in [-0.39, 0.29) is 0 Å². The van der Waals surface area contributed by atoms with Crippen LogP contribution in [0, 0.1) is 5.41 Å². The molecule has 3 heteroatoms. The van der Waals surface area contributed by atoms with Crippen LogP contribution in [0.1, 0.15) is 25.1 Å². The van der Waals surface area contributed by atoms with Crippen molar-refractivity contribution in [2.45, 2.75) is 25.7 Å². The quantitative estimate of drug-likeness (QED) is 0.821. The molecule has 1 aliphatic carbocycles. The fourth-order valence-electron chi connectivity index (χ4n) is 2.24. The maximum absolute atomic E-state index is 5.78. The second-order valence-corrected chi connectivity index (χ2v) is 4.90. The Bertz CT molecular complexity index is 464. The number of imidazole rings is 1. The van der Waals surface area contributed by atoms with Gasteiger partial charge in [0.05, 0.1) is 11.0 Å². The van der Waals surface area contributed by atoms with Gasteiger partial charge in [0.1, 0.15) is 5.82 Å². The van der Waals surface area contributed by atoms with E-state index in [0.717, 1.165) is 29.8 Å². The number of para-hydroxylation sites is 2. The smallest absolute Gasteiger partial charge is 0.107 e. The van der Waals surface area contributed by atoms with Crippen LogP contribution < -0.4 is 5.73 Å². The molecular weight excluding hydrogens is 198 g/mol. The zero-order valence-corrected chi connectivity index (χ0v) is 9.37. The summed E-state index contributed by atoms with van der Waals surface area (Å²) in [7, 11) is 0. The minimum Gasteiger partial charge on any atom is -0.342 e. The van der Waals surface area contributed by atoms with E-state index >= 15 is 0 Å². The van der Waals surface area contributed by atoms with E-state index in [1.54, 1.807) is 0 Å². The number of aromatic amines is 1. The molecule has 0 aliphatic heterocycles. The molecule has 1 aliphatic rings. The van der Waals surface area contributed by atoms with Crippen LogP contribution in [0.5, 0.6) is 0 Å². The highest BCUT2D eigenvalue weighted by Gasteiger charge is 2.40. The summed E-state index contributed by atoms with van der Waals surface area (Å²) < 4.78 is 0. The van der Waals surface area contributed by atoms with Crippen LogP contribution in [0.3, 0.4) is 0 Å². The number of hydrogen-bond donors (Lipinski definition) is 2. The zero-order valence-electron chi connectivity index (χ0n) is 9.37. The van der Waals surface area contributed by atoms with E-state index in [1.165, 1.54) is 19.3 Å². The van der Waals surface area contributed by atoms with Gasteiger partial charge in [-0.2, -0.15) is 0 Å². The van der Waals surface area contributed by atoms with Crippen LogP contribution >= 0.6 is 0 Å². The molecule has 1 aromatic heterocycles. The molecule has 0 spiro atoms. The summed E-state index contributed by atoms with van der Waals surface area (Å²) in [6.07, 6.45) is 4.78. The van der Waals surface area contributed by atoms with Crippen LogP contribution in [0.2, 0.25) is 0 Å². The Hall–Kier alpha value is -1.35. The Kier molecular flexibility index (Phi) is 2.21. The van der Waals surface area contributed by atoms with E-state index in [0.29, 0.717) is 5.41 Å². The number of aryl methyl sites for hydroxylation is 1. The molecule has 1 aromatic carbocycles. The standard InChI is InChI=1S/C13H17N3/c14-9-13(7-8-13)6-5-12-15-10-3-1-2-4-11(10)16-12/h1-4H,5-9,14H2,(H,15,16). The molecule has 0 unspecified atom stereocenters. The second-order valence-electron chi connectivity index (χ2n) is 4.90. The zero-order chi connectivity index (χ0) is 11.0. The van der Waals surface area contributed by atoms with Crippen molar-refractivity contribution in [3.63, 3.8) is 0 Å². The number of aromatic nitrogens is 2. The minimum absolute atomic E-state index is 0.443. The lowest BCUT2D eigenvalue weighted by Crippen LogP contribution is -2.16. The van der Waals surface area contributed by atoms with Crippen molar-refractivity contribution < 1.29 is 0 Å². The Morgan fingerprint density at radius 1 is 1.31 bits per heavy atom. The van der Waals surface area contributed by atoms with Gasteiger partial charge in [-0.05, 0) is 43.4 Å².